The molecule has 0 atom stereocenters. The van der Waals surface area contributed by atoms with Crippen molar-refractivity contribution in [2.45, 2.75) is 242 Å². The molecule has 6 aliphatic heterocycles. The molecule has 0 amide bonds. The molecule has 0 spiro atoms. The predicted molar refractivity (Wildman–Crippen MR) is 426 cm³/mol. The van der Waals surface area contributed by atoms with E-state index in [1.54, 1.807) is 35.5 Å². The summed E-state index contributed by atoms with van der Waals surface area (Å²) in [6.45, 7) is 50.9. The summed E-state index contributed by atoms with van der Waals surface area (Å²) in [5.41, 5.74) is 1.41. The molecule has 0 aromatic carbocycles. The third-order valence-corrected chi connectivity index (χ3v) is 19.1. The maximum absolute atomic E-state index is 11.4. The van der Waals surface area contributed by atoms with E-state index < -0.39 is 0 Å². The van der Waals surface area contributed by atoms with Gasteiger partial charge in [0.1, 0.15) is 13.2 Å². The van der Waals surface area contributed by atoms with E-state index >= 15 is 0 Å². The smallest absolute Gasteiger partial charge is 0.305 e. The average Bonchev–Trinajstić information content (AvgIpc) is 0.842. The number of allylic oxidation sites excluding steroid dienone is 1. The van der Waals surface area contributed by atoms with Gasteiger partial charge in [0.2, 0.25) is 0 Å². The molecule has 6 aliphatic rings. The van der Waals surface area contributed by atoms with Gasteiger partial charge < -0.3 is 90.0 Å². The highest BCUT2D eigenvalue weighted by Crippen LogP contribution is 2.34. The van der Waals surface area contributed by atoms with Crippen LogP contribution in [0.25, 0.3) is 0 Å². The van der Waals surface area contributed by atoms with E-state index in [1.165, 1.54) is 96.3 Å². The second-order valence-electron chi connectivity index (χ2n) is 30.6. The van der Waals surface area contributed by atoms with Crippen molar-refractivity contribution in [2.75, 3.05) is 240 Å². The normalized spacial score (nSPS) is 17.2. The van der Waals surface area contributed by atoms with Crippen molar-refractivity contribution < 1.29 is 99.6 Å². The third kappa shape index (κ3) is 61.3. The molecule has 0 unspecified atom stereocenters. The lowest BCUT2D eigenvalue weighted by atomic mass is 9.84. The number of hydrogen-bond acceptors (Lipinski definition) is 21. The number of esters is 2. The van der Waals surface area contributed by atoms with E-state index in [0.29, 0.717) is 88.5 Å². The molecular weight excluding hydrogens is 1360 g/mol. The van der Waals surface area contributed by atoms with Gasteiger partial charge in [0, 0.05) is 135 Å². The lowest BCUT2D eigenvalue weighted by Gasteiger charge is -2.40. The van der Waals surface area contributed by atoms with Gasteiger partial charge in [-0.25, -0.2) is 0 Å². The second kappa shape index (κ2) is 74.2. The van der Waals surface area contributed by atoms with Gasteiger partial charge in [-0.2, -0.15) is 0 Å². The molecule has 106 heavy (non-hydrogen) atoms. The molecule has 21 heteroatoms. The van der Waals surface area contributed by atoms with Crippen LogP contribution in [0.1, 0.15) is 242 Å². The van der Waals surface area contributed by atoms with Crippen LogP contribution in [0.5, 0.6) is 0 Å². The zero-order chi connectivity index (χ0) is 78.7. The molecule has 0 N–H and O–H groups in total. The minimum absolute atomic E-state index is 0.0455. The van der Waals surface area contributed by atoms with Gasteiger partial charge in [0.25, 0.3) is 0 Å². The van der Waals surface area contributed by atoms with Crippen molar-refractivity contribution in [1.29, 1.82) is 0 Å². The van der Waals surface area contributed by atoms with Crippen LogP contribution in [0.3, 0.4) is 0 Å². The number of hydrogen-bond donors (Lipinski definition) is 0. The maximum atomic E-state index is 11.4. The van der Waals surface area contributed by atoms with Crippen LogP contribution in [-0.4, -0.2) is 252 Å². The molecule has 0 radical (unpaired) electrons. The summed E-state index contributed by atoms with van der Waals surface area (Å²) in [4.78, 5) is 22.6. The maximum Gasteiger partial charge on any atom is 0.305 e. The molecule has 6 rings (SSSR count). The van der Waals surface area contributed by atoms with Crippen LogP contribution in [-0.2, 0) is 99.6 Å². The Balaban J connectivity index is 0. The van der Waals surface area contributed by atoms with Gasteiger partial charge in [-0.1, -0.05) is 138 Å². The molecule has 6 saturated heterocycles. The summed E-state index contributed by atoms with van der Waals surface area (Å²) in [5.74, 6) is -0.189. The number of carbonyl (C=O) groups excluding carboxylic acids is 2. The molecular formula is C85H166O21. The summed E-state index contributed by atoms with van der Waals surface area (Å²) >= 11 is 0. The Morgan fingerprint density at radius 1 is 0.302 bits per heavy atom. The van der Waals surface area contributed by atoms with E-state index in [0.717, 1.165) is 216 Å². The van der Waals surface area contributed by atoms with Crippen LogP contribution in [0, 0.1) is 32.5 Å². The van der Waals surface area contributed by atoms with Gasteiger partial charge >= 0.3 is 11.9 Å². The Morgan fingerprint density at radius 2 is 0.613 bits per heavy atom. The van der Waals surface area contributed by atoms with E-state index in [-0.39, 0.29) is 28.2 Å². The highest BCUT2D eigenvalue weighted by atomic mass is 16.6. The Labute approximate surface area is 649 Å². The first-order valence-corrected chi connectivity index (χ1v) is 41.3. The fourth-order valence-corrected chi connectivity index (χ4v) is 10.6. The molecule has 0 bridgehead atoms. The molecule has 21 nitrogen and oxygen atoms in total. The highest BCUT2D eigenvalue weighted by molar-refractivity contribution is 5.69. The van der Waals surface area contributed by atoms with Crippen molar-refractivity contribution >= 4 is 11.9 Å². The monoisotopic (exact) mass is 1520 g/mol. The Kier molecular flexibility index (Phi) is 74.0. The van der Waals surface area contributed by atoms with Crippen LogP contribution < -0.4 is 0 Å². The Hall–Kier alpha value is -2.26. The quantitative estimate of drug-likeness (QED) is 0.0315. The van der Waals surface area contributed by atoms with Gasteiger partial charge in [0.15, 0.2) is 0 Å². The van der Waals surface area contributed by atoms with Crippen molar-refractivity contribution in [3.05, 3.63) is 25.3 Å². The van der Waals surface area contributed by atoms with Crippen molar-refractivity contribution in [3.63, 3.8) is 0 Å². The Bertz CT molecular complexity index is 1870. The zero-order valence-electron chi connectivity index (χ0n) is 70.9. The topological polar surface area (TPSA) is 210 Å². The first kappa shape index (κ1) is 106. The van der Waals surface area contributed by atoms with Crippen molar-refractivity contribution in [1.82, 2.24) is 0 Å². The highest BCUT2D eigenvalue weighted by Gasteiger charge is 2.40. The fourth-order valence-electron chi connectivity index (χ4n) is 10.6. The lowest BCUT2D eigenvalue weighted by molar-refractivity contribution is -0.170. The van der Waals surface area contributed by atoms with Crippen LogP contribution in [0.4, 0.5) is 0 Å². The predicted octanol–water partition coefficient (Wildman–Crippen LogP) is 16.9. The first-order chi connectivity index (χ1) is 51.4. The SMILES string of the molecule is C=CCCCCCCOC.C=CCCOC.CCC1(COCCCCOC)COC1.CCCCCCC(=O)OCC1(CC)COC1.CCCCCCCCCOCC1(CC)COC1.CCOCCCCCOCC1(C)COC1.COCCCC(=O)OCC1(C)COC1.COCCOCCOCC1(C)COC1. The molecule has 6 fully saturated rings. The van der Waals surface area contributed by atoms with E-state index in [1.807, 2.05) is 19.1 Å². The third-order valence-electron chi connectivity index (χ3n) is 19.1. The van der Waals surface area contributed by atoms with Gasteiger partial charge in [0.05, 0.1) is 138 Å². The number of methoxy groups -OCH3 is 5. The van der Waals surface area contributed by atoms with E-state index in [9.17, 15) is 9.59 Å². The standard InChI is InChI=1S/C15H30O2.C13H24O3.C12H24O3.C11H22O3.C10H20O4.C10H18O4.C9H18O.C5H10O/c1-3-5-6-7-8-9-10-11-16-12-15(4-2)13-17-14-15;1-3-5-6-7-8-12(14)16-11-13(4-2)9-15-10-13;1-3-13-7-5-4-6-8-14-9-12(2)10-15-11-12;1-3-11(9-14-10-11)8-13-7-5-4-6-12-2;1-10(8-14-9-10)7-13-6-5-12-4-3-11-2;1-10(6-13-7-10)8-14-9(11)4-3-5-12-2;1-3-4-5-6-7-8-9-10-2;1-3-4-5-6-2/h3-14H2,1-2H3;3-11H2,1-2H3;3-11H2,1-2H3;3-10H2,1-2H3;3-9H2,1-2H3;3-8H2,1-2H3;3H,1,4-9H2,2H3;3H,1,4-5H2,2H3. The van der Waals surface area contributed by atoms with Crippen LogP contribution >= 0.6 is 0 Å². The molecule has 632 valence electrons. The van der Waals surface area contributed by atoms with Crippen LogP contribution in [0.15, 0.2) is 25.3 Å². The summed E-state index contributed by atoms with van der Waals surface area (Å²) in [7, 11) is 8.46. The summed E-state index contributed by atoms with van der Waals surface area (Å²) in [6, 6.07) is 0. The summed E-state index contributed by atoms with van der Waals surface area (Å²) in [6.07, 6.45) is 35.8. The number of ether oxygens (including phenoxy) is 19. The van der Waals surface area contributed by atoms with Crippen LogP contribution in [0.2, 0.25) is 0 Å². The van der Waals surface area contributed by atoms with E-state index in [2.05, 4.69) is 68.5 Å². The minimum Gasteiger partial charge on any atom is -0.465 e. The van der Waals surface area contributed by atoms with Crippen molar-refractivity contribution in [3.8, 4) is 0 Å². The zero-order valence-corrected chi connectivity index (χ0v) is 70.9. The average molecular weight is 1520 g/mol. The molecule has 0 aromatic heterocycles. The number of rotatable bonds is 60. The van der Waals surface area contributed by atoms with Gasteiger partial charge in [-0.3, -0.25) is 9.59 Å². The molecule has 0 saturated carbocycles. The van der Waals surface area contributed by atoms with Gasteiger partial charge in [-0.15, -0.1) is 13.2 Å². The molecule has 0 aliphatic carbocycles. The van der Waals surface area contributed by atoms with Gasteiger partial charge in [-0.05, 0) is 103 Å². The number of carbonyl (C=O) groups is 2. The first-order valence-electron chi connectivity index (χ1n) is 41.3. The molecule has 0 aromatic rings. The lowest BCUT2D eigenvalue weighted by Crippen LogP contribution is -2.46. The number of unbranched alkanes of at least 4 members (excludes halogenated alkanes) is 16. The Morgan fingerprint density at radius 3 is 1.01 bits per heavy atom. The van der Waals surface area contributed by atoms with Crippen molar-refractivity contribution in [2.24, 2.45) is 32.5 Å². The molecule has 6 heterocycles. The fraction of sp³-hybridized carbons (Fsp3) is 0.929. The minimum atomic E-state index is -0.143. The summed E-state index contributed by atoms with van der Waals surface area (Å²) < 4.78 is 98.8. The largest absolute Gasteiger partial charge is 0.465 e. The second-order valence-corrected chi connectivity index (χ2v) is 30.6. The van der Waals surface area contributed by atoms with E-state index in [4.69, 9.17) is 90.0 Å². The summed E-state index contributed by atoms with van der Waals surface area (Å²) in [5, 5.41) is 0.